The Bertz CT molecular complexity index is 193. The molecule has 6 nitrogen and oxygen atoms in total. The number of carbonyl (C=O) groups is 2. The van der Waals surface area contributed by atoms with Gasteiger partial charge in [0.25, 0.3) is 5.91 Å². The Hall–Kier alpha value is -1.14. The average molecular weight is 191 g/mol. The first-order chi connectivity index (χ1) is 6.00. The standard InChI is InChI=1S/C7H13NO5/c1-2-3-8-6(11)4(9)5(10)7(12)13/h4-5,9-10H,2-3H2,1H3,(H,8,11)(H,12,13)/t4-,5+/m0/s1. The number of nitrogens with one attached hydrogen (secondary N) is 1. The maximum atomic E-state index is 10.9. The molecule has 6 heteroatoms. The number of rotatable bonds is 5. The molecule has 76 valence electrons. The molecule has 4 N–H and O–H groups in total. The van der Waals surface area contributed by atoms with Crippen molar-refractivity contribution in [3.8, 4) is 0 Å². The predicted molar refractivity (Wildman–Crippen MR) is 43.0 cm³/mol. The minimum atomic E-state index is -2.07. The molecule has 0 saturated heterocycles. The number of hydrogen-bond donors (Lipinski definition) is 4. The van der Waals surface area contributed by atoms with Gasteiger partial charge in [0.2, 0.25) is 0 Å². The van der Waals surface area contributed by atoms with Crippen molar-refractivity contribution in [2.24, 2.45) is 0 Å². The summed E-state index contributed by atoms with van der Waals surface area (Å²) in [6.07, 6.45) is -3.32. The fourth-order valence-corrected chi connectivity index (χ4v) is 0.631. The van der Waals surface area contributed by atoms with E-state index >= 15 is 0 Å². The Morgan fingerprint density at radius 1 is 1.31 bits per heavy atom. The summed E-state index contributed by atoms with van der Waals surface area (Å²) < 4.78 is 0. The second-order valence-electron chi connectivity index (χ2n) is 2.52. The molecule has 0 aromatic carbocycles. The number of aliphatic hydroxyl groups is 2. The molecule has 1 amide bonds. The van der Waals surface area contributed by atoms with Crippen LogP contribution in [0.1, 0.15) is 13.3 Å². The van der Waals surface area contributed by atoms with Crippen LogP contribution in [0.25, 0.3) is 0 Å². The van der Waals surface area contributed by atoms with Gasteiger partial charge in [-0.05, 0) is 6.42 Å². The highest BCUT2D eigenvalue weighted by Gasteiger charge is 2.29. The van der Waals surface area contributed by atoms with Crippen LogP contribution in [0.2, 0.25) is 0 Å². The Kier molecular flexibility index (Phi) is 5.01. The topological polar surface area (TPSA) is 107 Å². The molecule has 0 fully saturated rings. The van der Waals surface area contributed by atoms with E-state index in [1.54, 1.807) is 6.92 Å². The maximum absolute atomic E-state index is 10.9. The fourth-order valence-electron chi connectivity index (χ4n) is 0.631. The number of carboxylic acid groups (broad SMARTS) is 1. The summed E-state index contributed by atoms with van der Waals surface area (Å²) in [6.45, 7) is 2.14. The van der Waals surface area contributed by atoms with Crippen molar-refractivity contribution in [2.75, 3.05) is 6.54 Å². The Morgan fingerprint density at radius 2 is 1.85 bits per heavy atom. The first kappa shape index (κ1) is 11.9. The van der Waals surface area contributed by atoms with Crippen LogP contribution in [0.3, 0.4) is 0 Å². The van der Waals surface area contributed by atoms with Crippen molar-refractivity contribution in [3.05, 3.63) is 0 Å². The van der Waals surface area contributed by atoms with E-state index in [1.807, 2.05) is 0 Å². The lowest BCUT2D eigenvalue weighted by Gasteiger charge is -2.13. The first-order valence-electron chi connectivity index (χ1n) is 3.87. The summed E-state index contributed by atoms with van der Waals surface area (Å²) in [5.41, 5.74) is 0. The van der Waals surface area contributed by atoms with Crippen LogP contribution in [0.15, 0.2) is 0 Å². The van der Waals surface area contributed by atoms with E-state index in [4.69, 9.17) is 15.3 Å². The molecule has 0 radical (unpaired) electrons. The monoisotopic (exact) mass is 191 g/mol. The van der Waals surface area contributed by atoms with Crippen LogP contribution in [-0.2, 0) is 9.59 Å². The summed E-state index contributed by atoms with van der Waals surface area (Å²) >= 11 is 0. The molecule has 0 aliphatic rings. The number of aliphatic carboxylic acids is 1. The number of amides is 1. The Morgan fingerprint density at radius 3 is 2.23 bits per heavy atom. The van der Waals surface area contributed by atoms with Crippen molar-refractivity contribution in [2.45, 2.75) is 25.6 Å². The number of aliphatic hydroxyl groups excluding tert-OH is 2. The van der Waals surface area contributed by atoms with E-state index < -0.39 is 24.1 Å². The average Bonchev–Trinajstić information content (AvgIpc) is 2.11. The number of carbonyl (C=O) groups excluding carboxylic acids is 1. The molecule has 2 atom stereocenters. The summed E-state index contributed by atoms with van der Waals surface area (Å²) in [7, 11) is 0. The van der Waals surface area contributed by atoms with Gasteiger partial charge in [0.1, 0.15) is 0 Å². The molecule has 0 aliphatic carbocycles. The van der Waals surface area contributed by atoms with Gasteiger partial charge in [-0.3, -0.25) is 4.79 Å². The second-order valence-corrected chi connectivity index (χ2v) is 2.52. The molecule has 0 bridgehead atoms. The van der Waals surface area contributed by atoms with Crippen LogP contribution in [0, 0.1) is 0 Å². The van der Waals surface area contributed by atoms with Crippen molar-refractivity contribution in [1.29, 1.82) is 0 Å². The highest BCUT2D eigenvalue weighted by Crippen LogP contribution is 1.93. The molecule has 0 saturated carbocycles. The first-order valence-corrected chi connectivity index (χ1v) is 3.87. The van der Waals surface area contributed by atoms with E-state index in [2.05, 4.69) is 5.32 Å². The third-order valence-electron chi connectivity index (χ3n) is 1.37. The molecule has 0 aromatic heterocycles. The minimum Gasteiger partial charge on any atom is -0.479 e. The van der Waals surface area contributed by atoms with E-state index in [9.17, 15) is 9.59 Å². The highest BCUT2D eigenvalue weighted by atomic mass is 16.4. The smallest absolute Gasteiger partial charge is 0.335 e. The van der Waals surface area contributed by atoms with Crippen molar-refractivity contribution >= 4 is 11.9 Å². The van der Waals surface area contributed by atoms with Crippen molar-refractivity contribution < 1.29 is 24.9 Å². The molecular formula is C7H13NO5. The second kappa shape index (κ2) is 5.50. The van der Waals surface area contributed by atoms with E-state index in [0.717, 1.165) is 0 Å². The van der Waals surface area contributed by atoms with Gasteiger partial charge in [-0.15, -0.1) is 0 Å². The third-order valence-corrected chi connectivity index (χ3v) is 1.37. The lowest BCUT2D eigenvalue weighted by Crippen LogP contribution is -2.45. The third kappa shape index (κ3) is 3.86. The van der Waals surface area contributed by atoms with Gasteiger partial charge in [0.05, 0.1) is 0 Å². The van der Waals surface area contributed by atoms with Gasteiger partial charge >= 0.3 is 5.97 Å². The molecule has 0 heterocycles. The van der Waals surface area contributed by atoms with Crippen LogP contribution in [0.4, 0.5) is 0 Å². The fraction of sp³-hybridized carbons (Fsp3) is 0.714. The normalized spacial score (nSPS) is 14.7. The van der Waals surface area contributed by atoms with Crippen LogP contribution in [-0.4, -0.2) is 45.9 Å². The summed E-state index contributed by atoms with van der Waals surface area (Å²) in [4.78, 5) is 21.0. The number of carboxylic acids is 1. The molecule has 0 aromatic rings. The van der Waals surface area contributed by atoms with Gasteiger partial charge < -0.3 is 20.6 Å². The molecule has 0 aliphatic heterocycles. The van der Waals surface area contributed by atoms with Gasteiger partial charge in [-0.25, -0.2) is 4.79 Å². The zero-order valence-electron chi connectivity index (χ0n) is 7.23. The van der Waals surface area contributed by atoms with E-state index in [-0.39, 0.29) is 0 Å². The maximum Gasteiger partial charge on any atom is 0.335 e. The largest absolute Gasteiger partial charge is 0.479 e. The van der Waals surface area contributed by atoms with Crippen molar-refractivity contribution in [3.63, 3.8) is 0 Å². The molecule has 0 unspecified atom stereocenters. The molecule has 0 spiro atoms. The van der Waals surface area contributed by atoms with E-state index in [0.29, 0.717) is 13.0 Å². The highest BCUT2D eigenvalue weighted by molar-refractivity contribution is 5.87. The van der Waals surface area contributed by atoms with Crippen LogP contribution >= 0.6 is 0 Å². The summed E-state index contributed by atoms with van der Waals surface area (Å²) in [6, 6.07) is 0. The minimum absolute atomic E-state index is 0.336. The van der Waals surface area contributed by atoms with Crippen LogP contribution in [0.5, 0.6) is 0 Å². The Labute approximate surface area is 75.2 Å². The zero-order valence-corrected chi connectivity index (χ0v) is 7.23. The summed E-state index contributed by atoms with van der Waals surface area (Å²) in [5, 5.41) is 28.2. The van der Waals surface area contributed by atoms with Gasteiger partial charge in [0.15, 0.2) is 12.2 Å². The molecule has 13 heavy (non-hydrogen) atoms. The van der Waals surface area contributed by atoms with E-state index in [1.165, 1.54) is 0 Å². The zero-order chi connectivity index (χ0) is 10.4. The lowest BCUT2D eigenvalue weighted by atomic mass is 10.2. The predicted octanol–water partition coefficient (Wildman–Crippen LogP) is -1.68. The van der Waals surface area contributed by atoms with Gasteiger partial charge in [-0.1, -0.05) is 6.92 Å². The molecular weight excluding hydrogens is 178 g/mol. The van der Waals surface area contributed by atoms with Crippen molar-refractivity contribution in [1.82, 2.24) is 5.32 Å². The SMILES string of the molecule is CCCNC(=O)[C@@H](O)[C@@H](O)C(=O)O. The Balaban J connectivity index is 4.01. The van der Waals surface area contributed by atoms with Crippen LogP contribution < -0.4 is 5.32 Å². The quantitative estimate of drug-likeness (QED) is 0.415. The van der Waals surface area contributed by atoms with Gasteiger partial charge in [-0.2, -0.15) is 0 Å². The lowest BCUT2D eigenvalue weighted by molar-refractivity contribution is -0.158. The molecule has 0 rings (SSSR count). The van der Waals surface area contributed by atoms with Gasteiger partial charge in [0, 0.05) is 6.54 Å². The number of hydrogen-bond acceptors (Lipinski definition) is 4. The summed E-state index contributed by atoms with van der Waals surface area (Å²) in [5.74, 6) is -2.50.